The second kappa shape index (κ2) is 17.9. The SMILES string of the molecule is CC1(CNC(=S)N[C@H]2O[C@H](CNC(=S)NC(CO[C@H]3O[C@H](CO)[C@@H](O)[C@H](O)[C@@H]3O)CO[C@H]3O[C@H](CO)[C@@H](O)[C@H](O)[C@@H]3O)[C@@H](O)[C@H](O)[C@@H]2O)N=N1. The number of rotatable bonds is 14. The average molecular weight is 763 g/mol. The Morgan fingerprint density at radius 3 is 1.62 bits per heavy atom. The molecule has 0 spiro atoms. The molecular formula is C26H46N6O16S2. The lowest BCUT2D eigenvalue weighted by Gasteiger charge is -2.41. The molecule has 0 saturated carbocycles. The van der Waals surface area contributed by atoms with Crippen LogP contribution in [0.1, 0.15) is 6.92 Å². The van der Waals surface area contributed by atoms with Gasteiger partial charge < -0.3 is 101 Å². The third kappa shape index (κ3) is 10.3. The first-order valence-corrected chi connectivity index (χ1v) is 16.5. The van der Waals surface area contributed by atoms with Gasteiger partial charge in [0.05, 0.1) is 39.0 Å². The molecule has 24 heteroatoms. The van der Waals surface area contributed by atoms with Gasteiger partial charge >= 0.3 is 0 Å². The van der Waals surface area contributed by atoms with Crippen molar-refractivity contribution in [1.29, 1.82) is 0 Å². The lowest BCUT2D eigenvalue weighted by atomic mass is 9.98. The summed E-state index contributed by atoms with van der Waals surface area (Å²) in [5, 5.41) is 130. The summed E-state index contributed by atoms with van der Waals surface area (Å²) in [4.78, 5) is 0. The first kappa shape index (κ1) is 41.1. The van der Waals surface area contributed by atoms with Gasteiger partial charge in [-0.25, -0.2) is 0 Å². The molecule has 50 heavy (non-hydrogen) atoms. The monoisotopic (exact) mass is 762 g/mol. The van der Waals surface area contributed by atoms with Gasteiger partial charge in [0.1, 0.15) is 73.2 Å². The molecule has 0 unspecified atom stereocenters. The zero-order valence-electron chi connectivity index (χ0n) is 26.7. The van der Waals surface area contributed by atoms with Gasteiger partial charge in [0.15, 0.2) is 29.0 Å². The lowest BCUT2D eigenvalue weighted by molar-refractivity contribution is -0.309. The lowest BCUT2D eigenvalue weighted by Crippen LogP contribution is -2.65. The maximum Gasteiger partial charge on any atom is 0.205 e. The van der Waals surface area contributed by atoms with Gasteiger partial charge in [-0.2, -0.15) is 10.2 Å². The van der Waals surface area contributed by atoms with Gasteiger partial charge in [-0.3, -0.25) is 0 Å². The molecule has 4 aliphatic heterocycles. The second-order valence-electron chi connectivity index (χ2n) is 12.4. The van der Waals surface area contributed by atoms with E-state index in [1.165, 1.54) is 0 Å². The summed E-state index contributed by atoms with van der Waals surface area (Å²) in [5.41, 5.74) is -0.611. The summed E-state index contributed by atoms with van der Waals surface area (Å²) in [6, 6.07) is -0.996. The van der Waals surface area contributed by atoms with Crippen LogP contribution in [0.4, 0.5) is 0 Å². The quantitative estimate of drug-likeness (QED) is 0.0731. The van der Waals surface area contributed by atoms with E-state index >= 15 is 0 Å². The molecule has 0 aromatic rings. The van der Waals surface area contributed by atoms with Crippen LogP contribution in [0, 0.1) is 0 Å². The third-order valence-corrected chi connectivity index (χ3v) is 8.95. The molecule has 0 radical (unpaired) electrons. The minimum absolute atomic E-state index is 0.0710. The Labute approximate surface area is 296 Å². The molecular weight excluding hydrogens is 716 g/mol. The largest absolute Gasteiger partial charge is 0.394 e. The summed E-state index contributed by atoms with van der Waals surface area (Å²) in [6.07, 6.45) is -22.9. The molecule has 0 bridgehead atoms. The molecule has 4 aliphatic rings. The number of aliphatic hydroxyl groups is 11. The zero-order chi connectivity index (χ0) is 36.9. The molecule has 15 N–H and O–H groups in total. The Bertz CT molecular complexity index is 1120. The number of aliphatic hydroxyl groups excluding tert-OH is 11. The van der Waals surface area contributed by atoms with Gasteiger partial charge in [-0.05, 0) is 31.4 Å². The molecule has 22 nitrogen and oxygen atoms in total. The predicted octanol–water partition coefficient (Wildman–Crippen LogP) is -8.09. The van der Waals surface area contributed by atoms with Gasteiger partial charge in [0.25, 0.3) is 0 Å². The van der Waals surface area contributed by atoms with E-state index < -0.39 is 130 Å². The summed E-state index contributed by atoms with van der Waals surface area (Å²) in [6.45, 7) is -0.409. The van der Waals surface area contributed by atoms with Crippen LogP contribution in [0.3, 0.4) is 0 Å². The molecule has 0 aromatic heterocycles. The highest BCUT2D eigenvalue weighted by Crippen LogP contribution is 2.26. The number of nitrogens with one attached hydrogen (secondary N) is 4. The van der Waals surface area contributed by atoms with Crippen molar-refractivity contribution in [2.75, 3.05) is 39.5 Å². The fraction of sp³-hybridized carbons (Fsp3) is 0.923. The fourth-order valence-electron chi connectivity index (χ4n) is 5.22. The molecule has 3 saturated heterocycles. The van der Waals surface area contributed by atoms with Crippen molar-refractivity contribution in [3.05, 3.63) is 0 Å². The first-order chi connectivity index (χ1) is 23.6. The number of ether oxygens (including phenoxy) is 5. The van der Waals surface area contributed by atoms with Gasteiger partial charge in [-0.1, -0.05) is 0 Å². The van der Waals surface area contributed by atoms with Crippen molar-refractivity contribution in [3.63, 3.8) is 0 Å². The van der Waals surface area contributed by atoms with E-state index in [2.05, 4.69) is 31.5 Å². The summed E-state index contributed by atoms with van der Waals surface area (Å²) >= 11 is 10.6. The van der Waals surface area contributed by atoms with Crippen LogP contribution in [0.15, 0.2) is 10.2 Å². The fourth-order valence-corrected chi connectivity index (χ4v) is 5.65. The molecule has 0 aliphatic carbocycles. The number of hydrogen-bond donors (Lipinski definition) is 15. The van der Waals surface area contributed by atoms with Crippen LogP contribution in [0.25, 0.3) is 0 Å². The van der Waals surface area contributed by atoms with Crippen molar-refractivity contribution in [3.8, 4) is 0 Å². The number of thiocarbonyl (C=S) groups is 2. The van der Waals surface area contributed by atoms with E-state index in [-0.39, 0.29) is 23.3 Å². The van der Waals surface area contributed by atoms with Crippen molar-refractivity contribution in [2.24, 2.45) is 10.2 Å². The van der Waals surface area contributed by atoms with E-state index in [0.717, 1.165) is 0 Å². The summed E-state index contributed by atoms with van der Waals surface area (Å²) in [5.74, 6) is 0. The van der Waals surface area contributed by atoms with Crippen molar-refractivity contribution >= 4 is 34.7 Å². The van der Waals surface area contributed by atoms with Crippen molar-refractivity contribution < 1.29 is 79.9 Å². The molecule has 15 atom stereocenters. The molecule has 3 fully saturated rings. The third-order valence-electron chi connectivity index (χ3n) is 8.43. The molecule has 4 heterocycles. The second-order valence-corrected chi connectivity index (χ2v) is 13.2. The van der Waals surface area contributed by atoms with Gasteiger partial charge in [0.2, 0.25) is 5.66 Å². The normalized spacial score (nSPS) is 41.0. The highest BCUT2D eigenvalue weighted by Gasteiger charge is 2.47. The van der Waals surface area contributed by atoms with E-state index in [4.69, 9.17) is 48.1 Å². The Balaban J connectivity index is 1.36. The molecule has 0 amide bonds. The van der Waals surface area contributed by atoms with Gasteiger partial charge in [0, 0.05) is 6.54 Å². The molecule has 288 valence electrons. The van der Waals surface area contributed by atoms with Crippen LogP contribution in [-0.4, -0.2) is 210 Å². The van der Waals surface area contributed by atoms with Crippen molar-refractivity contribution in [1.82, 2.24) is 21.3 Å². The Hall–Kier alpha value is -1.66. The minimum atomic E-state index is -1.73. The van der Waals surface area contributed by atoms with Crippen LogP contribution < -0.4 is 21.3 Å². The Morgan fingerprint density at radius 1 is 0.660 bits per heavy atom. The standard InChI is InChI=1S/C26H46N6O16S2/c1-26(31-32-26)7-28-25(50)30-21-18(41)15(38)12(35)9(46-21)2-27-24(49)29-8(5-44-22-19(42)16(39)13(36)10(3-33)47-22)6-45-23-20(43)17(40)14(37)11(4-34)48-23/h8-23,33-43H,2-7H2,1H3,(H2,27,29,49)(H2,28,30,50)/t9-,10-,11-,12-,13-,14-,15+,16+,17+,18+,19+,20+,21+,22+,23+/m1/s1. The number of hydrogen-bond acceptors (Lipinski definition) is 20. The van der Waals surface area contributed by atoms with E-state index in [1.807, 2.05) is 0 Å². The smallest absolute Gasteiger partial charge is 0.205 e. The van der Waals surface area contributed by atoms with Crippen LogP contribution in [0.2, 0.25) is 0 Å². The highest BCUT2D eigenvalue weighted by atomic mass is 32.1. The van der Waals surface area contributed by atoms with Gasteiger partial charge in [-0.15, -0.1) is 0 Å². The number of nitrogens with zero attached hydrogens (tertiary/aromatic N) is 2. The first-order valence-electron chi connectivity index (χ1n) is 15.7. The highest BCUT2D eigenvalue weighted by molar-refractivity contribution is 7.80. The van der Waals surface area contributed by atoms with Crippen LogP contribution in [0.5, 0.6) is 0 Å². The van der Waals surface area contributed by atoms with E-state index in [9.17, 15) is 56.2 Å². The Morgan fingerprint density at radius 2 is 1.14 bits per heavy atom. The van der Waals surface area contributed by atoms with Crippen molar-refractivity contribution in [2.45, 2.75) is 111 Å². The minimum Gasteiger partial charge on any atom is -0.394 e. The maximum absolute atomic E-state index is 10.6. The zero-order valence-corrected chi connectivity index (χ0v) is 28.3. The topological polar surface area (TPSA) is 342 Å². The van der Waals surface area contributed by atoms with E-state index in [0.29, 0.717) is 0 Å². The molecule has 4 rings (SSSR count). The van der Waals surface area contributed by atoms with Crippen LogP contribution in [-0.2, 0) is 23.7 Å². The molecule has 0 aromatic carbocycles. The Kier molecular flexibility index (Phi) is 14.7. The summed E-state index contributed by atoms with van der Waals surface area (Å²) < 4.78 is 27.7. The van der Waals surface area contributed by atoms with E-state index in [1.54, 1.807) is 6.92 Å². The average Bonchev–Trinajstić information content (AvgIpc) is 3.84. The predicted molar refractivity (Wildman–Crippen MR) is 171 cm³/mol. The van der Waals surface area contributed by atoms with Crippen LogP contribution >= 0.6 is 24.4 Å². The maximum atomic E-state index is 10.6. The summed E-state index contributed by atoms with van der Waals surface area (Å²) in [7, 11) is 0.